The molecule has 1 aromatic heterocycles. The highest BCUT2D eigenvalue weighted by atomic mass is 16.5. The lowest BCUT2D eigenvalue weighted by molar-refractivity contribution is 0.265. The first kappa shape index (κ1) is 8.97. The topological polar surface area (TPSA) is 46.3 Å². The molecular formula is C11H11NO2. The summed E-state index contributed by atoms with van der Waals surface area (Å²) in [6.45, 7) is -0.0711. The Kier molecular flexibility index (Phi) is 2.60. The molecule has 0 radical (unpaired) electrons. The summed E-state index contributed by atoms with van der Waals surface area (Å²) < 4.78 is 5.05. The van der Waals surface area contributed by atoms with E-state index in [9.17, 15) is 0 Å². The van der Waals surface area contributed by atoms with E-state index in [1.165, 1.54) is 5.56 Å². The SMILES string of the molecule is OCc1cc(Cc2ccccc2)on1. The lowest BCUT2D eigenvalue weighted by Crippen LogP contribution is -1.84. The van der Waals surface area contributed by atoms with Gasteiger partial charge in [-0.15, -0.1) is 0 Å². The van der Waals surface area contributed by atoms with E-state index in [0.717, 1.165) is 5.76 Å². The molecule has 14 heavy (non-hydrogen) atoms. The van der Waals surface area contributed by atoms with Crippen molar-refractivity contribution in [2.75, 3.05) is 0 Å². The van der Waals surface area contributed by atoms with Crippen LogP contribution >= 0.6 is 0 Å². The predicted molar refractivity (Wildman–Crippen MR) is 51.7 cm³/mol. The van der Waals surface area contributed by atoms with E-state index < -0.39 is 0 Å². The van der Waals surface area contributed by atoms with Crippen LogP contribution in [0.15, 0.2) is 40.9 Å². The molecule has 3 nitrogen and oxygen atoms in total. The van der Waals surface area contributed by atoms with Crippen molar-refractivity contribution in [3.63, 3.8) is 0 Å². The van der Waals surface area contributed by atoms with Crippen LogP contribution in [0.3, 0.4) is 0 Å². The fourth-order valence-corrected chi connectivity index (χ4v) is 1.31. The lowest BCUT2D eigenvalue weighted by Gasteiger charge is -1.94. The highest BCUT2D eigenvalue weighted by Crippen LogP contribution is 2.10. The Morgan fingerprint density at radius 2 is 2.00 bits per heavy atom. The second-order valence-corrected chi connectivity index (χ2v) is 3.11. The van der Waals surface area contributed by atoms with Gasteiger partial charge in [-0.3, -0.25) is 0 Å². The molecule has 0 aliphatic heterocycles. The van der Waals surface area contributed by atoms with Gasteiger partial charge in [-0.1, -0.05) is 35.5 Å². The molecule has 2 rings (SSSR count). The molecule has 0 aliphatic carbocycles. The summed E-state index contributed by atoms with van der Waals surface area (Å²) in [5.74, 6) is 0.778. The highest BCUT2D eigenvalue weighted by molar-refractivity contribution is 5.20. The molecule has 0 bridgehead atoms. The Labute approximate surface area is 82.0 Å². The van der Waals surface area contributed by atoms with Crippen molar-refractivity contribution in [1.82, 2.24) is 5.16 Å². The zero-order chi connectivity index (χ0) is 9.80. The van der Waals surface area contributed by atoms with E-state index >= 15 is 0 Å². The quantitative estimate of drug-likeness (QED) is 0.800. The Morgan fingerprint density at radius 1 is 1.21 bits per heavy atom. The first-order valence-corrected chi connectivity index (χ1v) is 4.48. The molecule has 1 aromatic carbocycles. The van der Waals surface area contributed by atoms with Gasteiger partial charge in [0.2, 0.25) is 0 Å². The minimum atomic E-state index is -0.0711. The molecule has 0 amide bonds. The van der Waals surface area contributed by atoms with Crippen molar-refractivity contribution in [3.8, 4) is 0 Å². The third-order valence-corrected chi connectivity index (χ3v) is 1.99. The van der Waals surface area contributed by atoms with Crippen LogP contribution in [0.5, 0.6) is 0 Å². The van der Waals surface area contributed by atoms with Crippen LogP contribution in [0.2, 0.25) is 0 Å². The van der Waals surface area contributed by atoms with Crippen molar-refractivity contribution in [2.45, 2.75) is 13.0 Å². The highest BCUT2D eigenvalue weighted by Gasteiger charge is 2.03. The number of benzene rings is 1. The van der Waals surface area contributed by atoms with Gasteiger partial charge in [0.1, 0.15) is 11.5 Å². The monoisotopic (exact) mass is 189 g/mol. The standard InChI is InChI=1S/C11H11NO2/c13-8-10-7-11(14-12-10)6-9-4-2-1-3-5-9/h1-5,7,13H,6,8H2. The van der Waals surface area contributed by atoms with Crippen LogP contribution in [0, 0.1) is 0 Å². The Hall–Kier alpha value is -1.61. The summed E-state index contributed by atoms with van der Waals surface area (Å²) in [4.78, 5) is 0. The molecular weight excluding hydrogens is 178 g/mol. The van der Waals surface area contributed by atoms with Gasteiger partial charge in [-0.25, -0.2) is 0 Å². The summed E-state index contributed by atoms with van der Waals surface area (Å²) in [6, 6.07) is 11.8. The summed E-state index contributed by atoms with van der Waals surface area (Å²) in [5.41, 5.74) is 1.75. The van der Waals surface area contributed by atoms with Crippen LogP contribution in [0.4, 0.5) is 0 Å². The van der Waals surface area contributed by atoms with Crippen molar-refractivity contribution >= 4 is 0 Å². The van der Waals surface area contributed by atoms with Gasteiger partial charge in [-0.05, 0) is 5.56 Å². The molecule has 0 saturated heterocycles. The maximum Gasteiger partial charge on any atom is 0.141 e. The van der Waals surface area contributed by atoms with E-state index in [-0.39, 0.29) is 6.61 Å². The van der Waals surface area contributed by atoms with Gasteiger partial charge >= 0.3 is 0 Å². The third kappa shape index (κ3) is 2.00. The maximum absolute atomic E-state index is 8.79. The van der Waals surface area contributed by atoms with Gasteiger partial charge in [0.25, 0.3) is 0 Å². The van der Waals surface area contributed by atoms with E-state index in [0.29, 0.717) is 12.1 Å². The molecule has 0 unspecified atom stereocenters. The van der Waals surface area contributed by atoms with E-state index in [1.54, 1.807) is 6.07 Å². The summed E-state index contributed by atoms with van der Waals surface area (Å²) in [7, 11) is 0. The van der Waals surface area contributed by atoms with Crippen LogP contribution in [0.1, 0.15) is 17.0 Å². The van der Waals surface area contributed by atoms with Crippen molar-refractivity contribution < 1.29 is 9.63 Å². The fraction of sp³-hybridized carbons (Fsp3) is 0.182. The number of rotatable bonds is 3. The Morgan fingerprint density at radius 3 is 2.64 bits per heavy atom. The zero-order valence-electron chi connectivity index (χ0n) is 7.68. The minimum absolute atomic E-state index is 0.0711. The van der Waals surface area contributed by atoms with Crippen LogP contribution < -0.4 is 0 Å². The molecule has 2 aromatic rings. The number of aliphatic hydroxyl groups excluding tert-OH is 1. The van der Waals surface area contributed by atoms with Crippen LogP contribution in [-0.2, 0) is 13.0 Å². The number of aromatic nitrogens is 1. The fourth-order valence-electron chi connectivity index (χ4n) is 1.31. The van der Waals surface area contributed by atoms with E-state index in [4.69, 9.17) is 9.63 Å². The van der Waals surface area contributed by atoms with Crippen molar-refractivity contribution in [2.24, 2.45) is 0 Å². The van der Waals surface area contributed by atoms with E-state index in [1.807, 2.05) is 30.3 Å². The van der Waals surface area contributed by atoms with Gasteiger partial charge < -0.3 is 9.63 Å². The molecule has 0 aliphatic rings. The van der Waals surface area contributed by atoms with Crippen LogP contribution in [0.25, 0.3) is 0 Å². The number of aliphatic hydroxyl groups is 1. The number of hydrogen-bond acceptors (Lipinski definition) is 3. The number of nitrogens with zero attached hydrogens (tertiary/aromatic N) is 1. The summed E-state index contributed by atoms with van der Waals surface area (Å²) >= 11 is 0. The average molecular weight is 189 g/mol. The summed E-state index contributed by atoms with van der Waals surface area (Å²) in [5, 5.41) is 12.5. The van der Waals surface area contributed by atoms with Crippen molar-refractivity contribution in [3.05, 3.63) is 53.4 Å². The minimum Gasteiger partial charge on any atom is -0.390 e. The first-order chi connectivity index (χ1) is 6.88. The average Bonchev–Trinajstić information content (AvgIpc) is 2.67. The normalized spacial score (nSPS) is 10.4. The van der Waals surface area contributed by atoms with Crippen LogP contribution in [-0.4, -0.2) is 10.3 Å². The molecule has 1 N–H and O–H groups in total. The summed E-state index contributed by atoms with van der Waals surface area (Å²) in [6.07, 6.45) is 0.716. The van der Waals surface area contributed by atoms with Gasteiger partial charge in [0.15, 0.2) is 0 Å². The van der Waals surface area contributed by atoms with Gasteiger partial charge in [0, 0.05) is 12.5 Å². The second-order valence-electron chi connectivity index (χ2n) is 3.11. The third-order valence-electron chi connectivity index (χ3n) is 1.99. The lowest BCUT2D eigenvalue weighted by atomic mass is 10.1. The molecule has 0 atom stereocenters. The molecule has 72 valence electrons. The molecule has 0 saturated carbocycles. The van der Waals surface area contributed by atoms with Gasteiger partial charge in [-0.2, -0.15) is 0 Å². The molecule has 0 spiro atoms. The Balaban J connectivity index is 2.11. The van der Waals surface area contributed by atoms with Gasteiger partial charge in [0.05, 0.1) is 6.61 Å². The van der Waals surface area contributed by atoms with E-state index in [2.05, 4.69) is 5.16 Å². The van der Waals surface area contributed by atoms with Crippen molar-refractivity contribution in [1.29, 1.82) is 0 Å². The maximum atomic E-state index is 8.79. The first-order valence-electron chi connectivity index (χ1n) is 4.48. The molecule has 3 heteroatoms. The second kappa shape index (κ2) is 4.07. The molecule has 1 heterocycles. The zero-order valence-corrected chi connectivity index (χ0v) is 7.68. The number of hydrogen-bond donors (Lipinski definition) is 1. The smallest absolute Gasteiger partial charge is 0.141 e. The Bertz CT molecular complexity index is 395. The largest absolute Gasteiger partial charge is 0.390 e. The molecule has 0 fully saturated rings. The predicted octanol–water partition coefficient (Wildman–Crippen LogP) is 1.76.